The number of hydrogen-bond acceptors (Lipinski definition) is 5. The van der Waals surface area contributed by atoms with Crippen molar-refractivity contribution in [3.8, 4) is 17.2 Å². The van der Waals surface area contributed by atoms with Gasteiger partial charge in [0.2, 0.25) is 0 Å². The second-order valence-corrected chi connectivity index (χ2v) is 5.87. The average Bonchev–Trinajstić information content (AvgIpc) is 2.59. The summed E-state index contributed by atoms with van der Waals surface area (Å²) in [5.74, 6) is 0.0679. The van der Waals surface area contributed by atoms with Gasteiger partial charge in [0.15, 0.2) is 23.1 Å². The largest absolute Gasteiger partial charge is 0.494 e. The predicted octanol–water partition coefficient (Wildman–Crippen LogP) is 3.73. The zero-order chi connectivity index (χ0) is 17.1. The fourth-order valence-electron chi connectivity index (χ4n) is 2.24. The Labute approximate surface area is 146 Å². The number of ether oxygens (including phenoxy) is 4. The van der Waals surface area contributed by atoms with E-state index in [0.29, 0.717) is 24.7 Å². The highest BCUT2D eigenvalue weighted by Crippen LogP contribution is 2.35. The van der Waals surface area contributed by atoms with Crippen LogP contribution >= 0.6 is 15.9 Å². The zero-order valence-corrected chi connectivity index (χ0v) is 14.4. The number of benzene rings is 2. The topological polar surface area (TPSA) is 54.0 Å². The Morgan fingerprint density at radius 3 is 2.58 bits per heavy atom. The first-order chi connectivity index (χ1) is 11.6. The van der Waals surface area contributed by atoms with E-state index in [1.54, 1.807) is 12.1 Å². The molecule has 0 aromatic heterocycles. The molecule has 3 rings (SSSR count). The second kappa shape index (κ2) is 7.09. The standard InChI is InChI=1S/C17H14BrFO5/c1-21-14-3-2-10(6-13(14)19)17(20)24-9-11-7-15-16(8-12(11)18)23-5-4-22-15/h2-3,6-8H,4-5,9H2,1H3. The molecule has 0 saturated heterocycles. The predicted molar refractivity (Wildman–Crippen MR) is 87.2 cm³/mol. The zero-order valence-electron chi connectivity index (χ0n) is 12.8. The third kappa shape index (κ3) is 3.46. The van der Waals surface area contributed by atoms with Crippen LogP contribution in [0, 0.1) is 5.82 Å². The van der Waals surface area contributed by atoms with Gasteiger partial charge in [-0.2, -0.15) is 0 Å². The molecule has 1 aliphatic heterocycles. The van der Waals surface area contributed by atoms with Gasteiger partial charge in [-0.25, -0.2) is 9.18 Å². The maximum absolute atomic E-state index is 13.7. The van der Waals surface area contributed by atoms with Crippen LogP contribution in [0.3, 0.4) is 0 Å². The van der Waals surface area contributed by atoms with Crippen molar-refractivity contribution in [1.82, 2.24) is 0 Å². The first-order valence-corrected chi connectivity index (χ1v) is 7.96. The number of rotatable bonds is 4. The number of hydrogen-bond donors (Lipinski definition) is 0. The number of methoxy groups -OCH3 is 1. The van der Waals surface area contributed by atoms with Crippen LogP contribution < -0.4 is 14.2 Å². The van der Waals surface area contributed by atoms with Gasteiger partial charge in [-0.1, -0.05) is 15.9 Å². The quantitative estimate of drug-likeness (QED) is 0.737. The van der Waals surface area contributed by atoms with Crippen LogP contribution in [0.25, 0.3) is 0 Å². The molecule has 0 N–H and O–H groups in total. The highest BCUT2D eigenvalue weighted by atomic mass is 79.9. The Hall–Kier alpha value is -2.28. The first-order valence-electron chi connectivity index (χ1n) is 7.17. The van der Waals surface area contributed by atoms with E-state index in [2.05, 4.69) is 15.9 Å². The summed E-state index contributed by atoms with van der Waals surface area (Å²) in [4.78, 5) is 12.1. The molecular weight excluding hydrogens is 383 g/mol. The molecule has 0 saturated carbocycles. The number of halogens is 2. The molecule has 24 heavy (non-hydrogen) atoms. The number of carbonyl (C=O) groups is 1. The van der Waals surface area contributed by atoms with E-state index in [9.17, 15) is 9.18 Å². The average molecular weight is 397 g/mol. The summed E-state index contributed by atoms with van der Waals surface area (Å²) < 4.78 is 35.4. The maximum Gasteiger partial charge on any atom is 0.338 e. The fourth-order valence-corrected chi connectivity index (χ4v) is 2.67. The molecule has 0 fully saturated rings. The molecule has 0 bridgehead atoms. The maximum atomic E-state index is 13.7. The van der Waals surface area contributed by atoms with Crippen molar-refractivity contribution in [2.75, 3.05) is 20.3 Å². The minimum absolute atomic E-state index is 0.0176. The van der Waals surface area contributed by atoms with Crippen LogP contribution in [0.2, 0.25) is 0 Å². The molecule has 126 valence electrons. The van der Waals surface area contributed by atoms with Crippen LogP contribution in [0.1, 0.15) is 15.9 Å². The Morgan fingerprint density at radius 1 is 1.21 bits per heavy atom. The summed E-state index contributed by atoms with van der Waals surface area (Å²) in [5.41, 5.74) is 0.837. The van der Waals surface area contributed by atoms with Crippen molar-refractivity contribution in [3.05, 3.63) is 51.7 Å². The molecule has 1 aliphatic rings. The highest BCUT2D eigenvalue weighted by molar-refractivity contribution is 9.10. The van der Waals surface area contributed by atoms with Gasteiger partial charge in [-0.15, -0.1) is 0 Å². The Bertz CT molecular complexity index is 778. The summed E-state index contributed by atoms with van der Waals surface area (Å²) in [6, 6.07) is 7.43. The number of carbonyl (C=O) groups excluding carboxylic acids is 1. The molecule has 0 radical (unpaired) electrons. The SMILES string of the molecule is COc1ccc(C(=O)OCc2cc3c(cc2Br)OCCO3)cc1F. The molecule has 5 nitrogen and oxygen atoms in total. The molecule has 0 amide bonds. The summed E-state index contributed by atoms with van der Waals surface area (Å²) in [6.07, 6.45) is 0. The van der Waals surface area contributed by atoms with Gasteiger partial charge in [-0.05, 0) is 30.3 Å². The van der Waals surface area contributed by atoms with E-state index in [1.165, 1.54) is 19.2 Å². The van der Waals surface area contributed by atoms with Gasteiger partial charge in [0.05, 0.1) is 12.7 Å². The van der Waals surface area contributed by atoms with Crippen molar-refractivity contribution >= 4 is 21.9 Å². The van der Waals surface area contributed by atoms with Crippen molar-refractivity contribution in [2.45, 2.75) is 6.61 Å². The van der Waals surface area contributed by atoms with Gasteiger partial charge in [0.25, 0.3) is 0 Å². The molecule has 2 aromatic rings. The lowest BCUT2D eigenvalue weighted by molar-refractivity contribution is 0.0470. The van der Waals surface area contributed by atoms with Gasteiger partial charge in [0, 0.05) is 10.0 Å². The van der Waals surface area contributed by atoms with Gasteiger partial charge >= 0.3 is 5.97 Å². The summed E-state index contributed by atoms with van der Waals surface area (Å²) >= 11 is 3.41. The van der Waals surface area contributed by atoms with Crippen LogP contribution in [0.4, 0.5) is 4.39 Å². The van der Waals surface area contributed by atoms with Gasteiger partial charge < -0.3 is 18.9 Å². The third-order valence-corrected chi connectivity index (χ3v) is 4.20. The molecule has 7 heteroatoms. The molecule has 0 aliphatic carbocycles. The molecule has 2 aromatic carbocycles. The lowest BCUT2D eigenvalue weighted by Crippen LogP contribution is -2.15. The summed E-state index contributed by atoms with van der Waals surface area (Å²) in [7, 11) is 1.36. The van der Waals surface area contributed by atoms with E-state index in [4.69, 9.17) is 18.9 Å². The minimum atomic E-state index is -0.627. The van der Waals surface area contributed by atoms with E-state index >= 15 is 0 Å². The molecule has 0 spiro atoms. The van der Waals surface area contributed by atoms with Crippen LogP contribution in [0.15, 0.2) is 34.8 Å². The molecule has 0 atom stereocenters. The van der Waals surface area contributed by atoms with Crippen LogP contribution in [-0.2, 0) is 11.3 Å². The normalized spacial score (nSPS) is 12.6. The van der Waals surface area contributed by atoms with Crippen molar-refractivity contribution in [2.24, 2.45) is 0 Å². The van der Waals surface area contributed by atoms with Gasteiger partial charge in [-0.3, -0.25) is 0 Å². The fraction of sp³-hybridized carbons (Fsp3) is 0.235. The lowest BCUT2D eigenvalue weighted by Gasteiger charge is -2.19. The minimum Gasteiger partial charge on any atom is -0.494 e. The van der Waals surface area contributed by atoms with E-state index in [0.717, 1.165) is 16.1 Å². The second-order valence-electron chi connectivity index (χ2n) is 5.01. The van der Waals surface area contributed by atoms with Crippen molar-refractivity contribution in [3.63, 3.8) is 0 Å². The Balaban J connectivity index is 1.71. The summed E-state index contributed by atoms with van der Waals surface area (Å²) in [6.45, 7) is 0.986. The lowest BCUT2D eigenvalue weighted by atomic mass is 10.2. The van der Waals surface area contributed by atoms with E-state index in [1.807, 2.05) is 0 Å². The highest BCUT2D eigenvalue weighted by Gasteiger charge is 2.17. The smallest absolute Gasteiger partial charge is 0.338 e. The monoisotopic (exact) mass is 396 g/mol. The van der Waals surface area contributed by atoms with Gasteiger partial charge in [0.1, 0.15) is 19.8 Å². The van der Waals surface area contributed by atoms with E-state index in [-0.39, 0.29) is 17.9 Å². The number of fused-ring (bicyclic) bond motifs is 1. The van der Waals surface area contributed by atoms with Crippen LogP contribution in [0.5, 0.6) is 17.2 Å². The Kier molecular flexibility index (Phi) is 4.89. The van der Waals surface area contributed by atoms with Crippen molar-refractivity contribution in [1.29, 1.82) is 0 Å². The Morgan fingerprint density at radius 2 is 1.92 bits per heavy atom. The third-order valence-electron chi connectivity index (χ3n) is 3.46. The first kappa shape index (κ1) is 16.6. The summed E-state index contributed by atoms with van der Waals surface area (Å²) in [5, 5.41) is 0. The van der Waals surface area contributed by atoms with Crippen LogP contribution in [-0.4, -0.2) is 26.3 Å². The molecular formula is C17H14BrFO5. The number of esters is 1. The van der Waals surface area contributed by atoms with Crippen molar-refractivity contribution < 1.29 is 28.1 Å². The molecule has 0 unspecified atom stereocenters. The van der Waals surface area contributed by atoms with E-state index < -0.39 is 11.8 Å². The molecule has 1 heterocycles.